The van der Waals surface area contributed by atoms with Crippen LogP contribution in [0.1, 0.15) is 12.0 Å². The number of hydrogen-bond donors (Lipinski definition) is 3. The summed E-state index contributed by atoms with van der Waals surface area (Å²) in [7, 11) is 0. The van der Waals surface area contributed by atoms with E-state index >= 15 is 0 Å². The fourth-order valence-electron chi connectivity index (χ4n) is 2.47. The van der Waals surface area contributed by atoms with Crippen molar-refractivity contribution in [1.82, 2.24) is 9.97 Å². The van der Waals surface area contributed by atoms with Gasteiger partial charge in [0.25, 0.3) is 0 Å². The largest absolute Gasteiger partial charge is 0.393 e. The van der Waals surface area contributed by atoms with Gasteiger partial charge in [0.05, 0.1) is 0 Å². The molecule has 1 aromatic heterocycles. The maximum atomic E-state index is 6.07. The number of rotatable bonds is 2. The number of nitrogens with one attached hydrogen (secondary N) is 1. The van der Waals surface area contributed by atoms with Crippen LogP contribution in [-0.4, -0.2) is 16.5 Å². The van der Waals surface area contributed by atoms with Crippen molar-refractivity contribution in [2.75, 3.05) is 22.6 Å². The number of hydrogen-bond acceptors (Lipinski definition) is 6. The van der Waals surface area contributed by atoms with Gasteiger partial charge in [-0.2, -0.15) is 0 Å². The molecule has 0 aliphatic carbocycles. The van der Waals surface area contributed by atoms with Gasteiger partial charge in [-0.25, -0.2) is 15.8 Å². The average molecular weight is 256 g/mol. The van der Waals surface area contributed by atoms with Crippen molar-refractivity contribution in [3.05, 3.63) is 36.2 Å². The Morgan fingerprint density at radius 2 is 2.05 bits per heavy atom. The highest BCUT2D eigenvalue weighted by Crippen LogP contribution is 2.36. The average Bonchev–Trinajstić information content (AvgIpc) is 2.47. The number of anilines is 4. The van der Waals surface area contributed by atoms with Crippen molar-refractivity contribution in [3.8, 4) is 0 Å². The van der Waals surface area contributed by atoms with E-state index in [9.17, 15) is 0 Å². The summed E-state index contributed by atoms with van der Waals surface area (Å²) in [6.07, 6.45) is 3.63. The Labute approximate surface area is 111 Å². The molecule has 6 nitrogen and oxygen atoms in total. The molecule has 98 valence electrons. The zero-order chi connectivity index (χ0) is 13.2. The van der Waals surface area contributed by atoms with Crippen LogP contribution in [-0.2, 0) is 6.42 Å². The SMILES string of the molecule is NNc1ncnc(N2CCCc3ccccc32)c1N. The van der Waals surface area contributed by atoms with Crippen LogP contribution >= 0.6 is 0 Å². The van der Waals surface area contributed by atoms with Gasteiger partial charge in [-0.3, -0.25) is 0 Å². The molecule has 0 spiro atoms. The molecule has 3 rings (SSSR count). The fraction of sp³-hybridized carbons (Fsp3) is 0.231. The number of benzene rings is 1. The van der Waals surface area contributed by atoms with Crippen molar-refractivity contribution < 1.29 is 0 Å². The van der Waals surface area contributed by atoms with Crippen molar-refractivity contribution in [2.45, 2.75) is 12.8 Å². The highest BCUT2D eigenvalue weighted by molar-refractivity contribution is 5.80. The number of para-hydroxylation sites is 1. The van der Waals surface area contributed by atoms with E-state index in [1.54, 1.807) is 0 Å². The van der Waals surface area contributed by atoms with Gasteiger partial charge in [-0.05, 0) is 24.5 Å². The van der Waals surface area contributed by atoms with Gasteiger partial charge in [0, 0.05) is 12.2 Å². The maximum absolute atomic E-state index is 6.07. The summed E-state index contributed by atoms with van der Waals surface area (Å²) in [4.78, 5) is 10.4. The van der Waals surface area contributed by atoms with Crippen molar-refractivity contribution in [1.29, 1.82) is 0 Å². The van der Waals surface area contributed by atoms with Crippen LogP contribution in [0.2, 0.25) is 0 Å². The minimum atomic E-state index is 0.452. The maximum Gasteiger partial charge on any atom is 0.168 e. The van der Waals surface area contributed by atoms with E-state index < -0.39 is 0 Å². The highest BCUT2D eigenvalue weighted by Gasteiger charge is 2.21. The Morgan fingerprint density at radius 3 is 2.89 bits per heavy atom. The molecule has 0 radical (unpaired) electrons. The van der Waals surface area contributed by atoms with Crippen LogP contribution in [0, 0.1) is 0 Å². The molecule has 5 N–H and O–H groups in total. The number of aromatic nitrogens is 2. The number of nitrogens with two attached hydrogens (primary N) is 2. The molecular formula is C13H16N6. The number of aryl methyl sites for hydroxylation is 1. The second kappa shape index (κ2) is 4.74. The van der Waals surface area contributed by atoms with Gasteiger partial charge in [0.1, 0.15) is 12.0 Å². The molecule has 0 atom stereocenters. The summed E-state index contributed by atoms with van der Waals surface area (Å²) < 4.78 is 0. The molecule has 0 saturated heterocycles. The number of nitrogen functional groups attached to an aromatic ring is 2. The fourth-order valence-corrected chi connectivity index (χ4v) is 2.47. The third kappa shape index (κ3) is 1.96. The molecule has 1 aliphatic rings. The van der Waals surface area contributed by atoms with Gasteiger partial charge in [0.15, 0.2) is 11.6 Å². The van der Waals surface area contributed by atoms with Crippen LogP contribution in [0.4, 0.5) is 23.0 Å². The number of hydrazine groups is 1. The predicted octanol–water partition coefficient (Wildman–Crippen LogP) is 1.43. The summed E-state index contributed by atoms with van der Waals surface area (Å²) in [5.74, 6) is 6.56. The van der Waals surface area contributed by atoms with E-state index in [2.05, 4.69) is 38.5 Å². The quantitative estimate of drug-likeness (QED) is 0.556. The zero-order valence-corrected chi connectivity index (χ0v) is 10.5. The van der Waals surface area contributed by atoms with Crippen molar-refractivity contribution >= 4 is 23.0 Å². The third-order valence-electron chi connectivity index (χ3n) is 3.37. The third-order valence-corrected chi connectivity index (χ3v) is 3.37. The van der Waals surface area contributed by atoms with Crippen LogP contribution in [0.5, 0.6) is 0 Å². The molecule has 0 amide bonds. The Balaban J connectivity index is 2.09. The second-order valence-electron chi connectivity index (χ2n) is 4.49. The monoisotopic (exact) mass is 256 g/mol. The van der Waals surface area contributed by atoms with E-state index in [1.165, 1.54) is 11.9 Å². The summed E-state index contributed by atoms with van der Waals surface area (Å²) in [6, 6.07) is 8.31. The van der Waals surface area contributed by atoms with Crippen LogP contribution < -0.4 is 21.9 Å². The van der Waals surface area contributed by atoms with E-state index in [4.69, 9.17) is 11.6 Å². The molecule has 2 aromatic rings. The molecule has 1 aromatic carbocycles. The lowest BCUT2D eigenvalue weighted by Crippen LogP contribution is -2.27. The molecule has 0 saturated carbocycles. The van der Waals surface area contributed by atoms with Crippen molar-refractivity contribution in [2.24, 2.45) is 5.84 Å². The Morgan fingerprint density at radius 1 is 1.21 bits per heavy atom. The molecular weight excluding hydrogens is 240 g/mol. The van der Waals surface area contributed by atoms with Gasteiger partial charge in [-0.1, -0.05) is 18.2 Å². The van der Waals surface area contributed by atoms with E-state index in [0.29, 0.717) is 17.3 Å². The summed E-state index contributed by atoms with van der Waals surface area (Å²) in [5, 5.41) is 0. The standard InChI is InChI=1S/C13H16N6/c14-11-12(18-15)16-8-17-13(11)19-7-3-5-9-4-1-2-6-10(9)19/h1-2,4,6,8H,3,5,7,14-15H2,(H,16,17,18). The smallest absolute Gasteiger partial charge is 0.168 e. The number of fused-ring (bicyclic) bond motifs is 1. The van der Waals surface area contributed by atoms with Crippen LogP contribution in [0.15, 0.2) is 30.6 Å². The minimum absolute atomic E-state index is 0.452. The molecule has 0 fully saturated rings. The normalized spacial score (nSPS) is 14.1. The topological polar surface area (TPSA) is 93.1 Å². The molecule has 6 heteroatoms. The first-order valence-electron chi connectivity index (χ1n) is 6.24. The minimum Gasteiger partial charge on any atom is -0.393 e. The van der Waals surface area contributed by atoms with E-state index in [1.807, 2.05) is 6.07 Å². The molecule has 1 aliphatic heterocycles. The van der Waals surface area contributed by atoms with Gasteiger partial charge < -0.3 is 16.1 Å². The zero-order valence-electron chi connectivity index (χ0n) is 10.5. The predicted molar refractivity (Wildman–Crippen MR) is 76.0 cm³/mol. The summed E-state index contributed by atoms with van der Waals surface area (Å²) >= 11 is 0. The lowest BCUT2D eigenvalue weighted by atomic mass is 10.0. The first kappa shape index (κ1) is 11.7. The van der Waals surface area contributed by atoms with Crippen LogP contribution in [0.3, 0.4) is 0 Å². The van der Waals surface area contributed by atoms with Gasteiger partial charge in [0.2, 0.25) is 0 Å². The first-order valence-corrected chi connectivity index (χ1v) is 6.24. The Hall–Kier alpha value is -2.34. The Kier molecular flexibility index (Phi) is 2.92. The molecule has 0 unspecified atom stereocenters. The lowest BCUT2D eigenvalue weighted by molar-refractivity contribution is 0.759. The summed E-state index contributed by atoms with van der Waals surface area (Å²) in [5.41, 5.74) is 11.5. The first-order chi connectivity index (χ1) is 9.31. The van der Waals surface area contributed by atoms with Crippen molar-refractivity contribution in [3.63, 3.8) is 0 Å². The Bertz CT molecular complexity index is 597. The highest BCUT2D eigenvalue weighted by atomic mass is 15.3. The van der Waals surface area contributed by atoms with E-state index in [-0.39, 0.29) is 0 Å². The molecule has 2 heterocycles. The molecule has 19 heavy (non-hydrogen) atoms. The van der Waals surface area contributed by atoms with E-state index in [0.717, 1.165) is 25.1 Å². The van der Waals surface area contributed by atoms with Crippen LogP contribution in [0.25, 0.3) is 0 Å². The second-order valence-corrected chi connectivity index (χ2v) is 4.49. The lowest BCUT2D eigenvalue weighted by Gasteiger charge is -2.31. The van der Waals surface area contributed by atoms with Gasteiger partial charge >= 0.3 is 0 Å². The van der Waals surface area contributed by atoms with Gasteiger partial charge in [-0.15, -0.1) is 0 Å². The number of nitrogens with zero attached hydrogens (tertiary/aromatic N) is 3. The summed E-state index contributed by atoms with van der Waals surface area (Å²) in [6.45, 7) is 0.891. The molecule has 0 bridgehead atoms.